The monoisotopic (exact) mass is 235 g/mol. The van der Waals surface area contributed by atoms with Crippen molar-refractivity contribution in [1.82, 2.24) is 9.55 Å². The Hall–Kier alpha value is -1.59. The van der Waals surface area contributed by atoms with Crippen molar-refractivity contribution in [3.63, 3.8) is 0 Å². The number of fused-ring (bicyclic) bond motifs is 1. The lowest BCUT2D eigenvalue weighted by Gasteiger charge is -2.26. The van der Waals surface area contributed by atoms with Crippen LogP contribution in [0.15, 0.2) is 24.5 Å². The number of aliphatic hydroxyl groups is 2. The topological polar surface area (TPSA) is 61.5 Å². The van der Waals surface area contributed by atoms with E-state index < -0.39 is 0 Å². The average Bonchev–Trinajstić information content (AvgIpc) is 2.72. The summed E-state index contributed by atoms with van der Waals surface area (Å²) in [7, 11) is 3.80. The van der Waals surface area contributed by atoms with Crippen LogP contribution in [-0.4, -0.2) is 46.1 Å². The molecule has 0 aliphatic rings. The quantitative estimate of drug-likeness (QED) is 0.803. The molecule has 1 aromatic heterocycles. The number of aryl methyl sites for hydroxylation is 1. The summed E-state index contributed by atoms with van der Waals surface area (Å²) in [4.78, 5) is 6.14. The van der Waals surface area contributed by atoms with E-state index in [1.807, 2.05) is 41.8 Å². The van der Waals surface area contributed by atoms with Crippen LogP contribution in [0, 0.1) is 0 Å². The molecule has 2 N–H and O–H groups in total. The van der Waals surface area contributed by atoms with Crippen LogP contribution in [0.25, 0.3) is 11.0 Å². The summed E-state index contributed by atoms with van der Waals surface area (Å²) >= 11 is 0. The van der Waals surface area contributed by atoms with Crippen molar-refractivity contribution in [2.24, 2.45) is 7.05 Å². The van der Waals surface area contributed by atoms with E-state index in [9.17, 15) is 0 Å². The van der Waals surface area contributed by atoms with E-state index in [2.05, 4.69) is 4.98 Å². The van der Waals surface area contributed by atoms with Crippen molar-refractivity contribution < 1.29 is 10.2 Å². The molecule has 0 aliphatic carbocycles. The molecular weight excluding hydrogens is 218 g/mol. The van der Waals surface area contributed by atoms with Crippen molar-refractivity contribution in [3.05, 3.63) is 24.5 Å². The molecule has 92 valence electrons. The minimum Gasteiger partial charge on any atom is -0.394 e. The van der Waals surface area contributed by atoms with Crippen molar-refractivity contribution in [3.8, 4) is 0 Å². The summed E-state index contributed by atoms with van der Waals surface area (Å²) in [6.45, 7) is -0.152. The molecule has 1 heterocycles. The molecule has 0 fully saturated rings. The van der Waals surface area contributed by atoms with Crippen LogP contribution in [0.2, 0.25) is 0 Å². The molecule has 5 nitrogen and oxygen atoms in total. The van der Waals surface area contributed by atoms with Crippen molar-refractivity contribution >= 4 is 16.7 Å². The van der Waals surface area contributed by atoms with E-state index in [4.69, 9.17) is 10.2 Å². The number of anilines is 1. The Kier molecular flexibility index (Phi) is 3.31. The summed E-state index contributed by atoms with van der Waals surface area (Å²) in [5.41, 5.74) is 2.91. The number of imidazole rings is 1. The summed E-state index contributed by atoms with van der Waals surface area (Å²) in [5.74, 6) is 0. The summed E-state index contributed by atoms with van der Waals surface area (Å²) < 4.78 is 1.95. The third-order valence-electron chi connectivity index (χ3n) is 3.09. The first-order valence-electron chi connectivity index (χ1n) is 5.53. The van der Waals surface area contributed by atoms with Crippen LogP contribution in [-0.2, 0) is 7.05 Å². The lowest BCUT2D eigenvalue weighted by Crippen LogP contribution is -2.37. The van der Waals surface area contributed by atoms with Crippen LogP contribution >= 0.6 is 0 Å². The molecule has 17 heavy (non-hydrogen) atoms. The molecule has 0 unspecified atom stereocenters. The molecule has 0 amide bonds. The van der Waals surface area contributed by atoms with E-state index >= 15 is 0 Å². The number of hydrogen-bond donors (Lipinski definition) is 2. The van der Waals surface area contributed by atoms with Gasteiger partial charge in [0.2, 0.25) is 0 Å². The number of rotatable bonds is 4. The van der Waals surface area contributed by atoms with Gasteiger partial charge in [0, 0.05) is 19.8 Å². The second-order valence-corrected chi connectivity index (χ2v) is 4.16. The highest BCUT2D eigenvalue weighted by Crippen LogP contribution is 2.21. The molecule has 0 saturated carbocycles. The van der Waals surface area contributed by atoms with Gasteiger partial charge in [0.25, 0.3) is 0 Å². The Labute approximate surface area is 99.9 Å². The molecule has 0 spiro atoms. The van der Waals surface area contributed by atoms with E-state index in [0.717, 1.165) is 16.7 Å². The highest BCUT2D eigenvalue weighted by atomic mass is 16.3. The fourth-order valence-corrected chi connectivity index (χ4v) is 1.86. The van der Waals surface area contributed by atoms with Gasteiger partial charge in [0.05, 0.1) is 36.6 Å². The van der Waals surface area contributed by atoms with E-state index in [-0.39, 0.29) is 19.3 Å². The van der Waals surface area contributed by atoms with Gasteiger partial charge in [-0.15, -0.1) is 0 Å². The van der Waals surface area contributed by atoms with Gasteiger partial charge in [-0.2, -0.15) is 0 Å². The maximum Gasteiger partial charge on any atom is 0.0955 e. The molecular formula is C12H17N3O2. The van der Waals surface area contributed by atoms with Gasteiger partial charge in [-0.25, -0.2) is 4.98 Å². The van der Waals surface area contributed by atoms with E-state index in [1.165, 1.54) is 0 Å². The summed E-state index contributed by atoms with van der Waals surface area (Å²) in [6.07, 6.45) is 1.77. The SMILES string of the molecule is CN(c1ccc2c(c1)ncn2C)C(CO)CO. The lowest BCUT2D eigenvalue weighted by atomic mass is 10.2. The number of aliphatic hydroxyl groups excluding tert-OH is 2. The zero-order valence-corrected chi connectivity index (χ0v) is 10.0. The summed E-state index contributed by atoms with van der Waals surface area (Å²) in [5, 5.41) is 18.3. The first-order valence-corrected chi connectivity index (χ1v) is 5.53. The standard InChI is InChI=1S/C12H17N3O2/c1-14-8-13-11-5-9(3-4-12(11)14)15(2)10(6-16)7-17/h3-5,8,10,16-17H,6-7H2,1-2H3. The minimum atomic E-state index is -0.281. The molecule has 0 aliphatic heterocycles. The Bertz CT molecular complexity index is 505. The zero-order valence-electron chi connectivity index (χ0n) is 10.0. The molecule has 2 aromatic rings. The van der Waals surface area contributed by atoms with Crippen LogP contribution < -0.4 is 4.90 Å². The molecule has 1 aromatic carbocycles. The van der Waals surface area contributed by atoms with Crippen molar-refractivity contribution in [1.29, 1.82) is 0 Å². The second kappa shape index (κ2) is 4.73. The van der Waals surface area contributed by atoms with Gasteiger partial charge in [-0.05, 0) is 18.2 Å². The molecule has 5 heteroatoms. The van der Waals surface area contributed by atoms with Crippen LogP contribution in [0.1, 0.15) is 0 Å². The number of benzene rings is 1. The third-order valence-corrected chi connectivity index (χ3v) is 3.09. The molecule has 0 bridgehead atoms. The van der Waals surface area contributed by atoms with Gasteiger partial charge < -0.3 is 19.7 Å². The average molecular weight is 235 g/mol. The van der Waals surface area contributed by atoms with Gasteiger partial charge in [-0.1, -0.05) is 0 Å². The normalized spacial score (nSPS) is 11.4. The maximum absolute atomic E-state index is 9.15. The van der Waals surface area contributed by atoms with Gasteiger partial charge in [0.1, 0.15) is 0 Å². The largest absolute Gasteiger partial charge is 0.394 e. The predicted molar refractivity (Wildman–Crippen MR) is 67.1 cm³/mol. The van der Waals surface area contributed by atoms with Gasteiger partial charge >= 0.3 is 0 Å². The van der Waals surface area contributed by atoms with Crippen molar-refractivity contribution in [2.75, 3.05) is 25.2 Å². The Morgan fingerprint density at radius 1 is 1.35 bits per heavy atom. The van der Waals surface area contributed by atoms with Crippen molar-refractivity contribution in [2.45, 2.75) is 6.04 Å². The number of aromatic nitrogens is 2. The van der Waals surface area contributed by atoms with E-state index in [1.54, 1.807) is 6.33 Å². The molecule has 0 atom stereocenters. The number of likely N-dealkylation sites (N-methyl/N-ethyl adjacent to an activating group) is 1. The van der Waals surface area contributed by atoms with Crippen LogP contribution in [0.4, 0.5) is 5.69 Å². The second-order valence-electron chi connectivity index (χ2n) is 4.16. The Balaban J connectivity index is 2.35. The van der Waals surface area contributed by atoms with E-state index in [0.29, 0.717) is 0 Å². The third kappa shape index (κ3) is 2.11. The molecule has 2 rings (SSSR count). The fourth-order valence-electron chi connectivity index (χ4n) is 1.86. The number of nitrogens with zero attached hydrogens (tertiary/aromatic N) is 3. The minimum absolute atomic E-state index is 0.0761. The highest BCUT2D eigenvalue weighted by Gasteiger charge is 2.13. The highest BCUT2D eigenvalue weighted by molar-refractivity contribution is 5.79. The smallest absolute Gasteiger partial charge is 0.0955 e. The first kappa shape index (κ1) is 11.9. The van der Waals surface area contributed by atoms with Gasteiger partial charge in [-0.3, -0.25) is 0 Å². The Morgan fingerprint density at radius 3 is 2.71 bits per heavy atom. The van der Waals surface area contributed by atoms with Gasteiger partial charge in [0.15, 0.2) is 0 Å². The molecule has 0 saturated heterocycles. The lowest BCUT2D eigenvalue weighted by molar-refractivity contribution is 0.191. The van der Waals surface area contributed by atoms with Crippen LogP contribution in [0.3, 0.4) is 0 Å². The maximum atomic E-state index is 9.15. The number of hydrogen-bond acceptors (Lipinski definition) is 4. The first-order chi connectivity index (χ1) is 8.17. The Morgan fingerprint density at radius 2 is 2.06 bits per heavy atom. The zero-order chi connectivity index (χ0) is 12.4. The summed E-state index contributed by atoms with van der Waals surface area (Å²) in [6, 6.07) is 5.62. The van der Waals surface area contributed by atoms with Crippen LogP contribution in [0.5, 0.6) is 0 Å². The predicted octanol–water partition coefficient (Wildman–Crippen LogP) is 0.363. The molecule has 0 radical (unpaired) electrons. The fraction of sp³-hybridized carbons (Fsp3) is 0.417.